The Bertz CT molecular complexity index is 404. The van der Waals surface area contributed by atoms with E-state index in [-0.39, 0.29) is 0 Å². The summed E-state index contributed by atoms with van der Waals surface area (Å²) in [5.41, 5.74) is 1.33. The summed E-state index contributed by atoms with van der Waals surface area (Å²) in [4.78, 5) is 2.62. The van der Waals surface area contributed by atoms with Gasteiger partial charge in [0.05, 0.1) is 0 Å². The molecule has 1 heterocycles. The Balaban J connectivity index is 1.86. The van der Waals surface area contributed by atoms with E-state index in [1.54, 1.807) is 0 Å². The molecular formula is C17H27ClN2. The van der Waals surface area contributed by atoms with Gasteiger partial charge in [0.15, 0.2) is 0 Å². The van der Waals surface area contributed by atoms with Crippen LogP contribution in [0.1, 0.15) is 38.3 Å². The van der Waals surface area contributed by atoms with Gasteiger partial charge in [0.2, 0.25) is 0 Å². The zero-order valence-electron chi connectivity index (χ0n) is 12.9. The fourth-order valence-electron chi connectivity index (χ4n) is 3.04. The molecule has 2 rings (SSSR count). The number of rotatable bonds is 5. The summed E-state index contributed by atoms with van der Waals surface area (Å²) in [6, 6.07) is 8.63. The van der Waals surface area contributed by atoms with Crippen LogP contribution in [0.2, 0.25) is 5.02 Å². The van der Waals surface area contributed by atoms with Gasteiger partial charge in [-0.1, -0.05) is 37.6 Å². The maximum Gasteiger partial charge on any atom is 0.0406 e. The molecule has 3 unspecified atom stereocenters. The van der Waals surface area contributed by atoms with Crippen LogP contribution in [0.25, 0.3) is 0 Å². The van der Waals surface area contributed by atoms with E-state index in [0.717, 1.165) is 23.3 Å². The number of hydrogen-bond donors (Lipinski definition) is 1. The molecule has 1 aromatic carbocycles. The van der Waals surface area contributed by atoms with Crippen LogP contribution in [-0.2, 0) is 0 Å². The zero-order valence-corrected chi connectivity index (χ0v) is 13.7. The predicted octanol–water partition coefficient (Wildman–Crippen LogP) is 3.97. The van der Waals surface area contributed by atoms with Gasteiger partial charge in [-0.15, -0.1) is 0 Å². The molecule has 0 aromatic heterocycles. The van der Waals surface area contributed by atoms with Crippen LogP contribution >= 0.6 is 11.6 Å². The van der Waals surface area contributed by atoms with Gasteiger partial charge >= 0.3 is 0 Å². The molecule has 0 bridgehead atoms. The number of hydrogen-bond acceptors (Lipinski definition) is 2. The molecule has 1 N–H and O–H groups in total. The first-order chi connectivity index (χ1) is 9.60. The average Bonchev–Trinajstić information content (AvgIpc) is 2.45. The van der Waals surface area contributed by atoms with Crippen LogP contribution in [0.4, 0.5) is 0 Å². The van der Waals surface area contributed by atoms with Gasteiger partial charge < -0.3 is 10.2 Å². The number of piperidine rings is 1. The summed E-state index contributed by atoms with van der Waals surface area (Å²) in [6.07, 6.45) is 2.49. The van der Waals surface area contributed by atoms with Gasteiger partial charge in [-0.05, 0) is 62.5 Å². The third-order valence-electron chi connectivity index (χ3n) is 4.77. The van der Waals surface area contributed by atoms with E-state index in [4.69, 9.17) is 11.6 Å². The van der Waals surface area contributed by atoms with Crippen molar-refractivity contribution >= 4 is 11.6 Å². The lowest BCUT2D eigenvalue weighted by Crippen LogP contribution is -2.39. The Hall–Kier alpha value is -0.570. The van der Waals surface area contributed by atoms with Gasteiger partial charge in [0.1, 0.15) is 0 Å². The third-order valence-corrected chi connectivity index (χ3v) is 5.03. The SMILES string of the molecule is CNC(CCN1CCC(C)C(C)C1)c1ccc(Cl)cc1. The molecular weight excluding hydrogens is 268 g/mol. The first-order valence-electron chi connectivity index (χ1n) is 7.75. The second-order valence-corrected chi connectivity index (χ2v) is 6.66. The first-order valence-corrected chi connectivity index (χ1v) is 8.13. The Morgan fingerprint density at radius 1 is 1.25 bits per heavy atom. The number of benzene rings is 1. The Labute approximate surface area is 128 Å². The maximum atomic E-state index is 5.96. The molecule has 1 fully saturated rings. The predicted molar refractivity (Wildman–Crippen MR) is 87.3 cm³/mol. The van der Waals surface area contributed by atoms with Crippen molar-refractivity contribution in [2.24, 2.45) is 11.8 Å². The van der Waals surface area contributed by atoms with Crippen LogP contribution in [0, 0.1) is 11.8 Å². The van der Waals surface area contributed by atoms with Crippen molar-refractivity contribution in [1.29, 1.82) is 0 Å². The van der Waals surface area contributed by atoms with Crippen molar-refractivity contribution in [2.45, 2.75) is 32.7 Å². The summed E-state index contributed by atoms with van der Waals surface area (Å²) < 4.78 is 0. The number of nitrogens with one attached hydrogen (secondary N) is 1. The van der Waals surface area contributed by atoms with E-state index >= 15 is 0 Å². The molecule has 3 heteroatoms. The second-order valence-electron chi connectivity index (χ2n) is 6.23. The molecule has 1 aliphatic heterocycles. The normalized spacial score (nSPS) is 25.6. The lowest BCUT2D eigenvalue weighted by atomic mass is 9.88. The molecule has 1 aliphatic rings. The van der Waals surface area contributed by atoms with Crippen molar-refractivity contribution in [1.82, 2.24) is 10.2 Å². The molecule has 112 valence electrons. The largest absolute Gasteiger partial charge is 0.313 e. The zero-order chi connectivity index (χ0) is 14.5. The molecule has 3 atom stereocenters. The quantitative estimate of drug-likeness (QED) is 0.884. The number of nitrogens with zero attached hydrogens (tertiary/aromatic N) is 1. The van der Waals surface area contributed by atoms with Crippen LogP contribution in [0.15, 0.2) is 24.3 Å². The van der Waals surface area contributed by atoms with E-state index in [0.29, 0.717) is 6.04 Å². The van der Waals surface area contributed by atoms with Gasteiger partial charge in [0.25, 0.3) is 0 Å². The Kier molecular flexibility index (Phi) is 5.88. The molecule has 1 aromatic rings. The summed E-state index contributed by atoms with van der Waals surface area (Å²) in [5, 5.41) is 4.24. The van der Waals surface area contributed by atoms with Gasteiger partial charge in [-0.3, -0.25) is 0 Å². The van der Waals surface area contributed by atoms with E-state index in [1.807, 2.05) is 19.2 Å². The van der Waals surface area contributed by atoms with Crippen LogP contribution in [0.5, 0.6) is 0 Å². The summed E-state index contributed by atoms with van der Waals surface area (Å²) in [6.45, 7) is 8.43. The van der Waals surface area contributed by atoms with Crippen molar-refractivity contribution in [3.8, 4) is 0 Å². The fourth-order valence-corrected chi connectivity index (χ4v) is 3.16. The minimum absolute atomic E-state index is 0.418. The Morgan fingerprint density at radius 3 is 2.55 bits per heavy atom. The molecule has 20 heavy (non-hydrogen) atoms. The van der Waals surface area contributed by atoms with Crippen molar-refractivity contribution in [3.63, 3.8) is 0 Å². The van der Waals surface area contributed by atoms with Crippen molar-refractivity contribution in [3.05, 3.63) is 34.9 Å². The van der Waals surface area contributed by atoms with Crippen LogP contribution in [-0.4, -0.2) is 31.6 Å². The minimum atomic E-state index is 0.418. The molecule has 2 nitrogen and oxygen atoms in total. The lowest BCUT2D eigenvalue weighted by molar-refractivity contribution is 0.134. The van der Waals surface area contributed by atoms with Gasteiger partial charge in [-0.2, -0.15) is 0 Å². The Morgan fingerprint density at radius 2 is 1.95 bits per heavy atom. The first kappa shape index (κ1) is 15.8. The molecule has 0 radical (unpaired) electrons. The van der Waals surface area contributed by atoms with Crippen LogP contribution < -0.4 is 5.32 Å². The van der Waals surface area contributed by atoms with E-state index in [2.05, 4.69) is 36.2 Å². The highest BCUT2D eigenvalue weighted by Crippen LogP contribution is 2.24. The molecule has 1 saturated heterocycles. The molecule has 0 saturated carbocycles. The number of likely N-dealkylation sites (tertiary alicyclic amines) is 1. The molecule has 0 spiro atoms. The standard InChI is InChI=1S/C17H27ClN2/c1-13-8-10-20(12-14(13)2)11-9-17(19-3)15-4-6-16(18)7-5-15/h4-7,13-14,17,19H,8-12H2,1-3H3. The third kappa shape index (κ3) is 4.21. The van der Waals surface area contributed by atoms with Crippen molar-refractivity contribution < 1.29 is 0 Å². The van der Waals surface area contributed by atoms with Crippen molar-refractivity contribution in [2.75, 3.05) is 26.7 Å². The summed E-state index contributed by atoms with van der Waals surface area (Å²) >= 11 is 5.96. The lowest BCUT2D eigenvalue weighted by Gasteiger charge is -2.36. The average molecular weight is 295 g/mol. The topological polar surface area (TPSA) is 15.3 Å². The summed E-state index contributed by atoms with van der Waals surface area (Å²) in [5.74, 6) is 1.70. The highest BCUT2D eigenvalue weighted by Gasteiger charge is 2.23. The highest BCUT2D eigenvalue weighted by atomic mass is 35.5. The maximum absolute atomic E-state index is 5.96. The van der Waals surface area contributed by atoms with Gasteiger partial charge in [0, 0.05) is 17.6 Å². The summed E-state index contributed by atoms with van der Waals surface area (Å²) in [7, 11) is 2.04. The van der Waals surface area contributed by atoms with E-state index in [9.17, 15) is 0 Å². The van der Waals surface area contributed by atoms with Gasteiger partial charge in [-0.25, -0.2) is 0 Å². The number of halogens is 1. The molecule has 0 aliphatic carbocycles. The highest BCUT2D eigenvalue weighted by molar-refractivity contribution is 6.30. The van der Waals surface area contributed by atoms with E-state index in [1.165, 1.54) is 31.6 Å². The minimum Gasteiger partial charge on any atom is -0.313 e. The van der Waals surface area contributed by atoms with Crippen LogP contribution in [0.3, 0.4) is 0 Å². The molecule has 0 amide bonds. The second kappa shape index (κ2) is 7.44. The smallest absolute Gasteiger partial charge is 0.0406 e. The monoisotopic (exact) mass is 294 g/mol. The van der Waals surface area contributed by atoms with E-state index < -0.39 is 0 Å². The fraction of sp³-hybridized carbons (Fsp3) is 0.647.